The number of rotatable bonds is 3. The SMILES string of the molecule is CN(C(=O)OC1CCNCC1)C1CCN(c2ncnc3ccccc23)C1. The summed E-state index contributed by atoms with van der Waals surface area (Å²) in [6.45, 7) is 3.47. The second kappa shape index (κ2) is 7.45. The van der Waals surface area contributed by atoms with Crippen LogP contribution in [0.3, 0.4) is 0 Å². The average molecular weight is 355 g/mol. The van der Waals surface area contributed by atoms with E-state index in [9.17, 15) is 4.79 Å². The first-order valence-corrected chi connectivity index (χ1v) is 9.31. The zero-order chi connectivity index (χ0) is 17.9. The molecule has 0 radical (unpaired) electrons. The van der Waals surface area contributed by atoms with Crippen molar-refractivity contribution in [1.82, 2.24) is 20.2 Å². The lowest BCUT2D eigenvalue weighted by molar-refractivity contribution is 0.0475. The molecule has 0 spiro atoms. The maximum absolute atomic E-state index is 12.5. The number of para-hydroxylation sites is 1. The number of carbonyl (C=O) groups excluding carboxylic acids is 1. The molecule has 3 heterocycles. The maximum Gasteiger partial charge on any atom is 0.410 e. The lowest BCUT2D eigenvalue weighted by Crippen LogP contribution is -2.42. The molecule has 26 heavy (non-hydrogen) atoms. The van der Waals surface area contributed by atoms with Crippen molar-refractivity contribution >= 4 is 22.8 Å². The van der Waals surface area contributed by atoms with Gasteiger partial charge in [-0.3, -0.25) is 0 Å². The van der Waals surface area contributed by atoms with Gasteiger partial charge in [-0.2, -0.15) is 0 Å². The predicted octanol–water partition coefficient (Wildman–Crippen LogP) is 2.03. The molecule has 1 aromatic heterocycles. The number of piperidine rings is 1. The van der Waals surface area contributed by atoms with E-state index in [-0.39, 0.29) is 18.2 Å². The average Bonchev–Trinajstić information content (AvgIpc) is 3.17. The van der Waals surface area contributed by atoms with Gasteiger partial charge in [-0.15, -0.1) is 0 Å². The largest absolute Gasteiger partial charge is 0.446 e. The zero-order valence-corrected chi connectivity index (χ0v) is 15.1. The molecule has 2 aliphatic heterocycles. The molecule has 2 fully saturated rings. The van der Waals surface area contributed by atoms with Crippen LogP contribution in [0.5, 0.6) is 0 Å². The van der Waals surface area contributed by atoms with E-state index in [1.165, 1.54) is 0 Å². The summed E-state index contributed by atoms with van der Waals surface area (Å²) in [5.41, 5.74) is 0.944. The van der Waals surface area contributed by atoms with E-state index in [0.29, 0.717) is 0 Å². The number of nitrogens with zero attached hydrogens (tertiary/aromatic N) is 4. The zero-order valence-electron chi connectivity index (χ0n) is 15.1. The van der Waals surface area contributed by atoms with E-state index in [1.807, 2.05) is 31.3 Å². The van der Waals surface area contributed by atoms with E-state index in [1.54, 1.807) is 11.2 Å². The standard InChI is InChI=1S/C19H25N5O2/c1-23(19(25)26-15-6-9-20-10-7-15)14-8-11-24(12-14)18-16-4-2-3-5-17(16)21-13-22-18/h2-5,13-15,20H,6-12H2,1H3. The normalized spacial score (nSPS) is 21.1. The second-order valence-electron chi connectivity index (χ2n) is 7.05. The number of benzene rings is 1. The van der Waals surface area contributed by atoms with E-state index >= 15 is 0 Å². The Labute approximate surface area is 153 Å². The molecule has 1 amide bonds. The summed E-state index contributed by atoms with van der Waals surface area (Å²) in [7, 11) is 1.84. The predicted molar refractivity (Wildman–Crippen MR) is 100 cm³/mol. The molecule has 0 aliphatic carbocycles. The summed E-state index contributed by atoms with van der Waals surface area (Å²) in [6, 6.07) is 8.17. The summed E-state index contributed by atoms with van der Waals surface area (Å²) in [5, 5.41) is 4.34. The molecule has 1 atom stereocenters. The van der Waals surface area contributed by atoms with E-state index in [0.717, 1.165) is 62.2 Å². The Morgan fingerprint density at radius 2 is 2.04 bits per heavy atom. The van der Waals surface area contributed by atoms with Crippen LogP contribution in [0.1, 0.15) is 19.3 Å². The van der Waals surface area contributed by atoms with Crippen molar-refractivity contribution in [2.45, 2.75) is 31.4 Å². The fourth-order valence-corrected chi connectivity index (χ4v) is 3.78. The first-order chi connectivity index (χ1) is 12.7. The van der Waals surface area contributed by atoms with Gasteiger partial charge in [0.05, 0.1) is 11.6 Å². The topological polar surface area (TPSA) is 70.6 Å². The number of nitrogens with one attached hydrogen (secondary N) is 1. The van der Waals surface area contributed by atoms with Gasteiger partial charge in [-0.25, -0.2) is 14.8 Å². The molecule has 1 unspecified atom stereocenters. The van der Waals surface area contributed by atoms with Crippen molar-refractivity contribution in [2.75, 3.05) is 38.1 Å². The number of amides is 1. The highest BCUT2D eigenvalue weighted by Crippen LogP contribution is 2.27. The number of ether oxygens (including phenoxy) is 1. The van der Waals surface area contributed by atoms with E-state index in [4.69, 9.17) is 4.74 Å². The fraction of sp³-hybridized carbons (Fsp3) is 0.526. The number of carbonyl (C=O) groups is 1. The Morgan fingerprint density at radius 1 is 1.23 bits per heavy atom. The van der Waals surface area contributed by atoms with Gasteiger partial charge in [0.2, 0.25) is 0 Å². The van der Waals surface area contributed by atoms with Gasteiger partial charge in [0, 0.05) is 25.5 Å². The fourth-order valence-electron chi connectivity index (χ4n) is 3.78. The van der Waals surface area contributed by atoms with Crippen molar-refractivity contribution in [3.8, 4) is 0 Å². The van der Waals surface area contributed by atoms with Gasteiger partial charge in [0.25, 0.3) is 0 Å². The van der Waals surface area contributed by atoms with E-state index in [2.05, 4.69) is 20.2 Å². The second-order valence-corrected chi connectivity index (χ2v) is 7.05. The van der Waals surface area contributed by atoms with Gasteiger partial charge in [0.1, 0.15) is 18.2 Å². The van der Waals surface area contributed by atoms with Crippen molar-refractivity contribution < 1.29 is 9.53 Å². The summed E-state index contributed by atoms with van der Waals surface area (Å²) in [4.78, 5) is 25.3. The quantitative estimate of drug-likeness (QED) is 0.908. The molecule has 2 aromatic rings. The lowest BCUT2D eigenvalue weighted by atomic mass is 10.1. The minimum absolute atomic E-state index is 0.0366. The Kier molecular flexibility index (Phi) is 4.88. The summed E-state index contributed by atoms with van der Waals surface area (Å²) in [6.07, 6.45) is 4.13. The minimum atomic E-state index is -0.212. The highest BCUT2D eigenvalue weighted by Gasteiger charge is 2.31. The van der Waals surface area contributed by atoms with Crippen LogP contribution >= 0.6 is 0 Å². The van der Waals surface area contributed by atoms with Crippen LogP contribution < -0.4 is 10.2 Å². The number of aromatic nitrogens is 2. The monoisotopic (exact) mass is 355 g/mol. The highest BCUT2D eigenvalue weighted by atomic mass is 16.6. The van der Waals surface area contributed by atoms with Gasteiger partial charge >= 0.3 is 6.09 Å². The molecule has 4 rings (SSSR count). The van der Waals surface area contributed by atoms with Gasteiger partial charge < -0.3 is 19.9 Å². The first kappa shape index (κ1) is 17.0. The number of likely N-dealkylation sites (N-methyl/N-ethyl adjacent to an activating group) is 1. The van der Waals surface area contributed by atoms with Crippen LogP contribution in [0.4, 0.5) is 10.6 Å². The van der Waals surface area contributed by atoms with Crippen LogP contribution in [-0.2, 0) is 4.74 Å². The van der Waals surface area contributed by atoms with Crippen molar-refractivity contribution in [1.29, 1.82) is 0 Å². The molecular formula is C19H25N5O2. The number of hydrogen-bond acceptors (Lipinski definition) is 6. The third-order valence-electron chi connectivity index (χ3n) is 5.37. The Hall–Kier alpha value is -2.41. The molecule has 0 bridgehead atoms. The third-order valence-corrected chi connectivity index (χ3v) is 5.37. The van der Waals surface area contributed by atoms with Gasteiger partial charge in [-0.1, -0.05) is 12.1 Å². The van der Waals surface area contributed by atoms with Crippen LogP contribution in [0.2, 0.25) is 0 Å². The Balaban J connectivity index is 1.41. The van der Waals surface area contributed by atoms with Gasteiger partial charge in [-0.05, 0) is 44.5 Å². The molecule has 1 N–H and O–H groups in total. The molecule has 2 aliphatic rings. The molecule has 138 valence electrons. The number of anilines is 1. The smallest absolute Gasteiger partial charge is 0.410 e. The minimum Gasteiger partial charge on any atom is -0.446 e. The number of fused-ring (bicyclic) bond motifs is 1. The molecule has 0 saturated carbocycles. The first-order valence-electron chi connectivity index (χ1n) is 9.31. The summed E-state index contributed by atoms with van der Waals surface area (Å²) in [5.74, 6) is 0.943. The van der Waals surface area contributed by atoms with Crippen LogP contribution in [0, 0.1) is 0 Å². The Bertz CT molecular complexity index is 772. The molecule has 1 aromatic carbocycles. The number of hydrogen-bond donors (Lipinski definition) is 1. The Morgan fingerprint density at radius 3 is 2.88 bits per heavy atom. The molecular weight excluding hydrogens is 330 g/mol. The maximum atomic E-state index is 12.5. The highest BCUT2D eigenvalue weighted by molar-refractivity contribution is 5.89. The van der Waals surface area contributed by atoms with Gasteiger partial charge in [0.15, 0.2) is 0 Å². The molecule has 7 nitrogen and oxygen atoms in total. The molecule has 2 saturated heterocycles. The van der Waals surface area contributed by atoms with Crippen LogP contribution in [-0.4, -0.2) is 66.3 Å². The third kappa shape index (κ3) is 3.44. The van der Waals surface area contributed by atoms with Crippen LogP contribution in [0.25, 0.3) is 10.9 Å². The van der Waals surface area contributed by atoms with Crippen LogP contribution in [0.15, 0.2) is 30.6 Å². The lowest BCUT2D eigenvalue weighted by Gasteiger charge is -2.29. The van der Waals surface area contributed by atoms with Crippen molar-refractivity contribution in [3.63, 3.8) is 0 Å². The van der Waals surface area contributed by atoms with E-state index < -0.39 is 0 Å². The molecule has 7 heteroatoms. The van der Waals surface area contributed by atoms with Crippen molar-refractivity contribution in [3.05, 3.63) is 30.6 Å². The van der Waals surface area contributed by atoms with Crippen molar-refractivity contribution in [2.24, 2.45) is 0 Å². The summed E-state index contributed by atoms with van der Waals surface area (Å²) < 4.78 is 5.68. The summed E-state index contributed by atoms with van der Waals surface area (Å²) >= 11 is 0.